The molecule has 0 aromatic heterocycles. The standard InChI is InChI=1S/C25H19F3N2O3/c1-15-12-16(2)14-18(13-15)29-22-21(17-6-4-3-5-7-17)23(31)30(24(22)32)19-8-10-20(11-9-19)33-25(26,27)28/h3-14,29H,1-2H3. The zero-order chi connectivity index (χ0) is 23.8. The van der Waals surface area contributed by atoms with E-state index in [1.54, 1.807) is 30.3 Å². The number of imide groups is 1. The lowest BCUT2D eigenvalue weighted by Crippen LogP contribution is -2.32. The predicted octanol–water partition coefficient (Wildman–Crippen LogP) is 5.60. The smallest absolute Gasteiger partial charge is 0.406 e. The van der Waals surface area contributed by atoms with E-state index in [0.717, 1.165) is 28.2 Å². The lowest BCUT2D eigenvalue weighted by molar-refractivity contribution is -0.274. The van der Waals surface area contributed by atoms with E-state index in [1.165, 1.54) is 12.1 Å². The van der Waals surface area contributed by atoms with Crippen LogP contribution in [0, 0.1) is 13.8 Å². The van der Waals surface area contributed by atoms with Gasteiger partial charge in [0.1, 0.15) is 11.4 Å². The van der Waals surface area contributed by atoms with Crippen LogP contribution in [0.15, 0.2) is 78.5 Å². The number of halogens is 3. The predicted molar refractivity (Wildman–Crippen MR) is 119 cm³/mol. The van der Waals surface area contributed by atoms with Crippen LogP contribution in [0.5, 0.6) is 5.75 Å². The highest BCUT2D eigenvalue weighted by Gasteiger charge is 2.40. The number of amides is 2. The fraction of sp³-hybridized carbons (Fsp3) is 0.120. The summed E-state index contributed by atoms with van der Waals surface area (Å²) in [5.41, 5.74) is 3.55. The van der Waals surface area contributed by atoms with Crippen molar-refractivity contribution in [1.82, 2.24) is 0 Å². The van der Waals surface area contributed by atoms with Crippen LogP contribution in [-0.2, 0) is 9.59 Å². The SMILES string of the molecule is Cc1cc(C)cc(NC2=C(c3ccccc3)C(=O)N(c3ccc(OC(F)(F)F)cc3)C2=O)c1. The maximum absolute atomic E-state index is 13.4. The molecule has 168 valence electrons. The van der Waals surface area contributed by atoms with E-state index in [-0.39, 0.29) is 17.0 Å². The number of hydrogen-bond acceptors (Lipinski definition) is 4. The average Bonchev–Trinajstić information content (AvgIpc) is 2.97. The zero-order valence-corrected chi connectivity index (χ0v) is 17.7. The third-order valence-corrected chi connectivity index (χ3v) is 4.97. The fourth-order valence-electron chi connectivity index (χ4n) is 3.74. The Kier molecular flexibility index (Phi) is 5.68. The molecule has 1 N–H and O–H groups in total. The van der Waals surface area contributed by atoms with Crippen LogP contribution in [0.4, 0.5) is 24.5 Å². The van der Waals surface area contributed by atoms with Crippen LogP contribution in [-0.4, -0.2) is 18.2 Å². The van der Waals surface area contributed by atoms with E-state index >= 15 is 0 Å². The van der Waals surface area contributed by atoms with Gasteiger partial charge in [0.05, 0.1) is 11.3 Å². The molecular formula is C25H19F3N2O3. The van der Waals surface area contributed by atoms with Crippen molar-refractivity contribution in [2.45, 2.75) is 20.2 Å². The maximum Gasteiger partial charge on any atom is 0.573 e. The van der Waals surface area contributed by atoms with Crippen LogP contribution in [0.2, 0.25) is 0 Å². The molecule has 33 heavy (non-hydrogen) atoms. The first-order valence-corrected chi connectivity index (χ1v) is 10.0. The number of hydrogen-bond donors (Lipinski definition) is 1. The lowest BCUT2D eigenvalue weighted by atomic mass is 10.0. The molecule has 8 heteroatoms. The third-order valence-electron chi connectivity index (χ3n) is 4.97. The molecule has 0 unspecified atom stereocenters. The summed E-state index contributed by atoms with van der Waals surface area (Å²) in [6, 6.07) is 19.0. The van der Waals surface area contributed by atoms with Crippen molar-refractivity contribution >= 4 is 28.8 Å². The van der Waals surface area contributed by atoms with E-state index in [4.69, 9.17) is 0 Å². The second-order valence-corrected chi connectivity index (χ2v) is 7.60. The summed E-state index contributed by atoms with van der Waals surface area (Å²) >= 11 is 0. The molecule has 0 spiro atoms. The van der Waals surface area contributed by atoms with Gasteiger partial charge in [0.15, 0.2) is 0 Å². The van der Waals surface area contributed by atoms with Gasteiger partial charge in [0, 0.05) is 5.69 Å². The molecule has 0 atom stereocenters. The summed E-state index contributed by atoms with van der Waals surface area (Å²) in [7, 11) is 0. The van der Waals surface area contributed by atoms with Crippen molar-refractivity contribution in [1.29, 1.82) is 0 Å². The Labute approximate surface area is 188 Å². The number of anilines is 2. The van der Waals surface area contributed by atoms with Crippen molar-refractivity contribution < 1.29 is 27.5 Å². The highest BCUT2D eigenvalue weighted by molar-refractivity contribution is 6.46. The number of alkyl halides is 3. The molecule has 4 rings (SSSR count). The molecule has 0 saturated heterocycles. The number of ether oxygens (including phenoxy) is 1. The fourth-order valence-corrected chi connectivity index (χ4v) is 3.74. The summed E-state index contributed by atoms with van der Waals surface area (Å²) in [6.45, 7) is 3.84. The van der Waals surface area contributed by atoms with Crippen LogP contribution in [0.25, 0.3) is 5.57 Å². The Morgan fingerprint density at radius 2 is 1.42 bits per heavy atom. The van der Waals surface area contributed by atoms with Gasteiger partial charge >= 0.3 is 6.36 Å². The first kappa shape index (κ1) is 22.1. The molecule has 3 aromatic rings. The molecule has 0 radical (unpaired) electrons. The monoisotopic (exact) mass is 452 g/mol. The summed E-state index contributed by atoms with van der Waals surface area (Å²) in [6.07, 6.45) is -4.84. The van der Waals surface area contributed by atoms with Gasteiger partial charge in [-0.05, 0) is 66.9 Å². The van der Waals surface area contributed by atoms with E-state index in [9.17, 15) is 22.8 Å². The van der Waals surface area contributed by atoms with Gasteiger partial charge in [0.2, 0.25) is 0 Å². The number of rotatable bonds is 5. The van der Waals surface area contributed by atoms with Gasteiger partial charge < -0.3 is 10.1 Å². The van der Waals surface area contributed by atoms with Gasteiger partial charge in [-0.25, -0.2) is 4.90 Å². The average molecular weight is 452 g/mol. The van der Waals surface area contributed by atoms with Crippen molar-refractivity contribution in [2.24, 2.45) is 0 Å². The highest BCUT2D eigenvalue weighted by Crippen LogP contribution is 2.35. The minimum absolute atomic E-state index is 0.0896. The van der Waals surface area contributed by atoms with Gasteiger partial charge in [-0.3, -0.25) is 9.59 Å². The summed E-state index contributed by atoms with van der Waals surface area (Å²) < 4.78 is 41.3. The first-order valence-electron chi connectivity index (χ1n) is 10.0. The highest BCUT2D eigenvalue weighted by atomic mass is 19.4. The van der Waals surface area contributed by atoms with Gasteiger partial charge in [-0.15, -0.1) is 13.2 Å². The van der Waals surface area contributed by atoms with E-state index in [2.05, 4.69) is 10.1 Å². The third kappa shape index (κ3) is 4.74. The Bertz CT molecular complexity index is 1230. The first-order chi connectivity index (χ1) is 15.6. The number of aryl methyl sites for hydroxylation is 2. The number of carbonyl (C=O) groups is 2. The number of benzene rings is 3. The Balaban J connectivity index is 1.73. The van der Waals surface area contributed by atoms with E-state index in [1.807, 2.05) is 32.0 Å². The summed E-state index contributed by atoms with van der Waals surface area (Å²) in [4.78, 5) is 27.7. The molecule has 5 nitrogen and oxygen atoms in total. The minimum Gasteiger partial charge on any atom is -0.406 e. The molecule has 0 bridgehead atoms. The molecule has 0 fully saturated rings. The molecular weight excluding hydrogens is 433 g/mol. The van der Waals surface area contributed by atoms with Crippen molar-refractivity contribution in [2.75, 3.05) is 10.2 Å². The topological polar surface area (TPSA) is 58.6 Å². The number of nitrogens with one attached hydrogen (secondary N) is 1. The van der Waals surface area contributed by atoms with Crippen LogP contribution in [0.3, 0.4) is 0 Å². The molecule has 3 aromatic carbocycles. The molecule has 0 saturated carbocycles. The maximum atomic E-state index is 13.4. The van der Waals surface area contributed by atoms with Crippen molar-refractivity contribution in [3.8, 4) is 5.75 Å². The number of nitrogens with zero attached hydrogens (tertiary/aromatic N) is 1. The normalized spacial score (nSPS) is 14.2. The minimum atomic E-state index is -4.84. The van der Waals surface area contributed by atoms with Crippen LogP contribution < -0.4 is 15.0 Å². The molecule has 1 heterocycles. The number of carbonyl (C=O) groups excluding carboxylic acids is 2. The van der Waals surface area contributed by atoms with Crippen LogP contribution >= 0.6 is 0 Å². The van der Waals surface area contributed by atoms with E-state index < -0.39 is 23.9 Å². The zero-order valence-electron chi connectivity index (χ0n) is 17.7. The van der Waals surface area contributed by atoms with Crippen molar-refractivity contribution in [3.63, 3.8) is 0 Å². The largest absolute Gasteiger partial charge is 0.573 e. The molecule has 1 aliphatic heterocycles. The Morgan fingerprint density at radius 1 is 0.818 bits per heavy atom. The van der Waals surface area contributed by atoms with Gasteiger partial charge in [-0.1, -0.05) is 36.4 Å². The van der Waals surface area contributed by atoms with Gasteiger partial charge in [-0.2, -0.15) is 0 Å². The van der Waals surface area contributed by atoms with Crippen molar-refractivity contribution in [3.05, 3.63) is 95.2 Å². The molecule has 0 aliphatic carbocycles. The lowest BCUT2D eigenvalue weighted by Gasteiger charge is -2.16. The van der Waals surface area contributed by atoms with Gasteiger partial charge in [0.25, 0.3) is 11.8 Å². The quantitative estimate of drug-likeness (QED) is 0.512. The van der Waals surface area contributed by atoms with E-state index in [0.29, 0.717) is 11.3 Å². The Morgan fingerprint density at radius 3 is 2.00 bits per heavy atom. The van der Waals surface area contributed by atoms with Crippen LogP contribution in [0.1, 0.15) is 16.7 Å². The second kappa shape index (κ2) is 8.46. The molecule has 1 aliphatic rings. The summed E-state index contributed by atoms with van der Waals surface area (Å²) in [5.74, 6) is -1.64. The summed E-state index contributed by atoms with van der Waals surface area (Å²) in [5, 5.41) is 3.09. The molecule has 2 amide bonds. The second-order valence-electron chi connectivity index (χ2n) is 7.60. The Hall–Kier alpha value is -4.07.